The average Bonchev–Trinajstić information content (AvgIpc) is 2.83. The Hall–Kier alpha value is -1.76. The molecule has 0 aliphatic heterocycles. The first-order valence-electron chi connectivity index (χ1n) is 14.7. The van der Waals surface area contributed by atoms with Crippen molar-refractivity contribution in [3.63, 3.8) is 0 Å². The summed E-state index contributed by atoms with van der Waals surface area (Å²) in [7, 11) is 0. The van der Waals surface area contributed by atoms with Crippen molar-refractivity contribution >= 4 is 5.69 Å². The number of benzene rings is 2. The number of nitrogens with one attached hydrogen (secondary N) is 1. The van der Waals surface area contributed by atoms with E-state index >= 15 is 0 Å². The van der Waals surface area contributed by atoms with Crippen molar-refractivity contribution in [1.29, 1.82) is 0 Å². The molecule has 34 heavy (non-hydrogen) atoms. The van der Waals surface area contributed by atoms with E-state index in [0.29, 0.717) is 6.04 Å². The molecular formula is C33H41N. The van der Waals surface area contributed by atoms with Crippen molar-refractivity contribution in [2.75, 3.05) is 5.32 Å². The molecule has 1 nitrogen and oxygen atoms in total. The summed E-state index contributed by atoms with van der Waals surface area (Å²) in [5.41, 5.74) is 5.97. The van der Waals surface area contributed by atoms with Crippen LogP contribution in [0.2, 0.25) is 0 Å². The Morgan fingerprint density at radius 2 is 1.03 bits per heavy atom. The minimum atomic E-state index is 0.700. The van der Waals surface area contributed by atoms with Crippen molar-refractivity contribution in [3.8, 4) is 11.1 Å². The van der Waals surface area contributed by atoms with Gasteiger partial charge in [0.25, 0.3) is 0 Å². The molecule has 0 atom stereocenters. The first-order valence-corrected chi connectivity index (χ1v) is 14.7. The van der Waals surface area contributed by atoms with Crippen LogP contribution in [0.5, 0.6) is 0 Å². The monoisotopic (exact) mass is 451 g/mol. The van der Waals surface area contributed by atoms with Gasteiger partial charge in [-0.3, -0.25) is 0 Å². The van der Waals surface area contributed by atoms with Crippen LogP contribution in [0.3, 0.4) is 0 Å². The average molecular weight is 452 g/mol. The molecule has 1 N–H and O–H groups in total. The highest BCUT2D eigenvalue weighted by atomic mass is 15.0. The number of hydrogen-bond acceptors (Lipinski definition) is 1. The predicted molar refractivity (Wildman–Crippen MR) is 141 cm³/mol. The Bertz CT molecular complexity index is 926. The molecule has 178 valence electrons. The lowest BCUT2D eigenvalue weighted by atomic mass is 9.51. The van der Waals surface area contributed by atoms with E-state index in [0.717, 1.165) is 53.3 Å². The van der Waals surface area contributed by atoms with Gasteiger partial charge >= 0.3 is 0 Å². The zero-order valence-electron chi connectivity index (χ0n) is 20.7. The van der Waals surface area contributed by atoms with Crippen LogP contribution in [0, 0.1) is 53.3 Å². The lowest BCUT2D eigenvalue weighted by Gasteiger charge is -2.55. The maximum Gasteiger partial charge on any atom is 0.0422 e. The Balaban J connectivity index is 1.09. The SMILES string of the molecule is c1ccc(-c2ccccc2NC2C3CC4CC(C3)CC2C4)c(CC2C3CC4CC(C3)CC2C4)c1. The summed E-state index contributed by atoms with van der Waals surface area (Å²) in [5, 5.41) is 4.17. The quantitative estimate of drug-likeness (QED) is 0.483. The lowest BCUT2D eigenvalue weighted by molar-refractivity contribution is -0.0359. The van der Waals surface area contributed by atoms with Gasteiger partial charge in [-0.05, 0) is 141 Å². The second kappa shape index (κ2) is 7.87. The minimum Gasteiger partial charge on any atom is -0.381 e. The van der Waals surface area contributed by atoms with Gasteiger partial charge in [0.2, 0.25) is 0 Å². The van der Waals surface area contributed by atoms with Gasteiger partial charge in [-0.2, -0.15) is 0 Å². The molecular weight excluding hydrogens is 410 g/mol. The number of rotatable bonds is 5. The smallest absolute Gasteiger partial charge is 0.0422 e. The van der Waals surface area contributed by atoms with Crippen molar-refractivity contribution < 1.29 is 0 Å². The molecule has 2 aromatic carbocycles. The largest absolute Gasteiger partial charge is 0.381 e. The van der Waals surface area contributed by atoms with Gasteiger partial charge in [0.15, 0.2) is 0 Å². The van der Waals surface area contributed by atoms with Crippen molar-refractivity contribution in [3.05, 3.63) is 54.1 Å². The van der Waals surface area contributed by atoms with Crippen molar-refractivity contribution in [2.24, 2.45) is 53.3 Å². The maximum atomic E-state index is 4.17. The molecule has 0 radical (unpaired) electrons. The summed E-state index contributed by atoms with van der Waals surface area (Å²) in [6.07, 6.45) is 16.5. The molecule has 8 saturated carbocycles. The third kappa shape index (κ3) is 3.32. The summed E-state index contributed by atoms with van der Waals surface area (Å²) < 4.78 is 0. The highest BCUT2D eigenvalue weighted by molar-refractivity contribution is 5.80. The molecule has 10 rings (SSSR count). The molecule has 8 aliphatic rings. The molecule has 0 unspecified atom stereocenters. The molecule has 0 spiro atoms. The molecule has 8 bridgehead atoms. The van der Waals surface area contributed by atoms with Gasteiger partial charge in [0, 0.05) is 17.3 Å². The van der Waals surface area contributed by atoms with E-state index in [4.69, 9.17) is 0 Å². The third-order valence-electron chi connectivity index (χ3n) is 11.7. The van der Waals surface area contributed by atoms with E-state index in [2.05, 4.69) is 53.8 Å². The first-order chi connectivity index (χ1) is 16.8. The number of anilines is 1. The molecule has 1 heteroatoms. The Morgan fingerprint density at radius 1 is 0.529 bits per heavy atom. The zero-order chi connectivity index (χ0) is 22.2. The van der Waals surface area contributed by atoms with Gasteiger partial charge in [0.05, 0.1) is 0 Å². The van der Waals surface area contributed by atoms with Crippen LogP contribution in [-0.2, 0) is 6.42 Å². The van der Waals surface area contributed by atoms with Crippen LogP contribution >= 0.6 is 0 Å². The van der Waals surface area contributed by atoms with Gasteiger partial charge in [-0.25, -0.2) is 0 Å². The predicted octanol–water partition coefficient (Wildman–Crippen LogP) is 8.21. The Labute approximate surface area is 206 Å². The number of hydrogen-bond donors (Lipinski definition) is 1. The fraction of sp³-hybridized carbons (Fsp3) is 0.636. The fourth-order valence-corrected chi connectivity index (χ4v) is 10.8. The highest BCUT2D eigenvalue weighted by Gasteiger charge is 2.49. The molecule has 0 saturated heterocycles. The molecule has 0 heterocycles. The van der Waals surface area contributed by atoms with Gasteiger partial charge in [0.1, 0.15) is 0 Å². The lowest BCUT2D eigenvalue weighted by Crippen LogP contribution is -2.51. The van der Waals surface area contributed by atoms with E-state index in [9.17, 15) is 0 Å². The van der Waals surface area contributed by atoms with Gasteiger partial charge in [-0.1, -0.05) is 42.5 Å². The Kier molecular flexibility index (Phi) is 4.73. The van der Waals surface area contributed by atoms with Crippen LogP contribution in [0.1, 0.15) is 69.8 Å². The summed E-state index contributed by atoms with van der Waals surface area (Å²) in [6, 6.07) is 19.4. The molecule has 8 fully saturated rings. The molecule has 0 amide bonds. The van der Waals surface area contributed by atoms with Crippen LogP contribution < -0.4 is 5.32 Å². The second-order valence-corrected chi connectivity index (χ2v) is 13.6. The zero-order valence-corrected chi connectivity index (χ0v) is 20.7. The van der Waals surface area contributed by atoms with Gasteiger partial charge < -0.3 is 5.32 Å². The van der Waals surface area contributed by atoms with E-state index in [1.54, 1.807) is 12.0 Å². The number of para-hydroxylation sites is 1. The van der Waals surface area contributed by atoms with E-state index in [1.807, 2.05) is 0 Å². The third-order valence-corrected chi connectivity index (χ3v) is 11.7. The summed E-state index contributed by atoms with van der Waals surface area (Å²) in [6.45, 7) is 0. The topological polar surface area (TPSA) is 12.0 Å². The van der Waals surface area contributed by atoms with E-state index in [-0.39, 0.29) is 0 Å². The molecule has 0 aromatic heterocycles. The van der Waals surface area contributed by atoms with Crippen LogP contribution in [0.15, 0.2) is 48.5 Å². The van der Waals surface area contributed by atoms with Gasteiger partial charge in [-0.15, -0.1) is 0 Å². The second-order valence-electron chi connectivity index (χ2n) is 13.6. The highest BCUT2D eigenvalue weighted by Crippen LogP contribution is 2.58. The maximum absolute atomic E-state index is 4.17. The standard InChI is InChI=1S/C33H41N/c1-2-6-29(24(5-1)19-31-25-11-20-9-21(13-25)14-26(31)12-20)30-7-3-4-8-32(30)34-33-27-15-22-10-23(17-27)18-28(33)16-22/h1-8,20-23,25-28,31,33-34H,9-19H2. The first kappa shape index (κ1) is 20.4. The summed E-state index contributed by atoms with van der Waals surface area (Å²) in [5.74, 6) is 8.98. The van der Waals surface area contributed by atoms with Crippen molar-refractivity contribution in [1.82, 2.24) is 0 Å². The van der Waals surface area contributed by atoms with E-state index in [1.165, 1.54) is 81.0 Å². The minimum absolute atomic E-state index is 0.700. The Morgan fingerprint density at radius 3 is 1.65 bits per heavy atom. The molecule has 8 aliphatic carbocycles. The van der Waals surface area contributed by atoms with Crippen LogP contribution in [0.4, 0.5) is 5.69 Å². The van der Waals surface area contributed by atoms with Crippen LogP contribution in [0.25, 0.3) is 11.1 Å². The van der Waals surface area contributed by atoms with Crippen LogP contribution in [-0.4, -0.2) is 6.04 Å². The van der Waals surface area contributed by atoms with E-state index < -0.39 is 0 Å². The normalized spacial score (nSPS) is 43.4. The summed E-state index contributed by atoms with van der Waals surface area (Å²) in [4.78, 5) is 0. The summed E-state index contributed by atoms with van der Waals surface area (Å²) >= 11 is 0. The fourth-order valence-electron chi connectivity index (χ4n) is 10.8. The van der Waals surface area contributed by atoms with Crippen molar-refractivity contribution in [2.45, 2.75) is 76.7 Å². The molecule has 2 aromatic rings.